The summed E-state index contributed by atoms with van der Waals surface area (Å²) in [6.45, 7) is 7.13. The molecule has 2 rings (SSSR count). The molecule has 25 heavy (non-hydrogen) atoms. The Morgan fingerprint density at radius 2 is 1.96 bits per heavy atom. The Kier molecular flexibility index (Phi) is 7.26. The van der Waals surface area contributed by atoms with E-state index in [-0.39, 0.29) is 36.2 Å². The van der Waals surface area contributed by atoms with Crippen molar-refractivity contribution in [1.29, 1.82) is 0 Å². The van der Waals surface area contributed by atoms with Crippen LogP contribution in [-0.2, 0) is 9.59 Å². The monoisotopic (exact) mass is 374 g/mol. The zero-order chi connectivity index (χ0) is 18.0. The summed E-state index contributed by atoms with van der Waals surface area (Å²) >= 11 is 0. The van der Waals surface area contributed by atoms with E-state index in [1.807, 2.05) is 0 Å². The largest absolute Gasteiger partial charge is 0.353 e. The molecule has 4 N–H and O–H groups in total. The second-order valence-electron chi connectivity index (χ2n) is 7.66. The summed E-state index contributed by atoms with van der Waals surface area (Å²) in [5.41, 5.74) is 4.77. The van der Waals surface area contributed by atoms with E-state index >= 15 is 0 Å². The van der Waals surface area contributed by atoms with Gasteiger partial charge in [0.2, 0.25) is 5.91 Å². The van der Waals surface area contributed by atoms with Crippen LogP contribution in [0, 0.1) is 11.3 Å². The molecule has 0 aromatic rings. The van der Waals surface area contributed by atoms with Gasteiger partial charge >= 0.3 is 6.03 Å². The molecule has 8 heteroatoms. The highest BCUT2D eigenvalue weighted by Crippen LogP contribution is 2.45. The number of carbonyl (C=O) groups excluding carboxylic acids is 3. The number of hydrogen-bond acceptors (Lipinski definition) is 4. The summed E-state index contributed by atoms with van der Waals surface area (Å²) in [5.74, 6) is -0.0651. The molecule has 0 unspecified atom stereocenters. The van der Waals surface area contributed by atoms with Crippen molar-refractivity contribution in [2.75, 3.05) is 19.6 Å². The molecule has 1 saturated heterocycles. The quantitative estimate of drug-likeness (QED) is 0.611. The first-order chi connectivity index (χ1) is 11.3. The molecule has 1 aliphatic heterocycles. The number of amides is 4. The van der Waals surface area contributed by atoms with Crippen LogP contribution in [0.4, 0.5) is 4.79 Å². The molecule has 0 atom stereocenters. The van der Waals surface area contributed by atoms with Gasteiger partial charge in [-0.25, -0.2) is 4.79 Å². The maximum Gasteiger partial charge on any atom is 0.325 e. The van der Waals surface area contributed by atoms with Gasteiger partial charge in [0.1, 0.15) is 12.1 Å². The van der Waals surface area contributed by atoms with E-state index in [1.54, 1.807) is 0 Å². The molecule has 0 aromatic heterocycles. The van der Waals surface area contributed by atoms with Crippen molar-refractivity contribution < 1.29 is 14.4 Å². The van der Waals surface area contributed by atoms with Gasteiger partial charge in [-0.3, -0.25) is 14.5 Å². The maximum atomic E-state index is 12.8. The van der Waals surface area contributed by atoms with Crippen molar-refractivity contribution in [2.45, 2.75) is 58.4 Å². The number of nitrogens with zero attached hydrogens (tertiary/aromatic N) is 1. The van der Waals surface area contributed by atoms with Crippen molar-refractivity contribution in [2.24, 2.45) is 17.1 Å². The number of imide groups is 1. The normalized spacial score (nSPS) is 26.4. The molecule has 144 valence electrons. The zero-order valence-electron chi connectivity index (χ0n) is 15.4. The molecule has 0 bridgehead atoms. The average Bonchev–Trinajstić information content (AvgIpc) is 2.77. The summed E-state index contributed by atoms with van der Waals surface area (Å²) in [7, 11) is 0. The lowest BCUT2D eigenvalue weighted by molar-refractivity contribution is -0.136. The lowest BCUT2D eigenvalue weighted by Gasteiger charge is -2.42. The Labute approximate surface area is 155 Å². The second kappa shape index (κ2) is 8.36. The predicted octanol–water partition coefficient (Wildman–Crippen LogP) is 1.40. The number of urea groups is 1. The van der Waals surface area contributed by atoms with Gasteiger partial charge in [0, 0.05) is 13.1 Å². The number of halogens is 1. The van der Waals surface area contributed by atoms with E-state index in [4.69, 9.17) is 5.73 Å². The molecular weight excluding hydrogens is 344 g/mol. The fraction of sp³-hybridized carbons (Fsp3) is 0.824. The molecule has 1 aliphatic carbocycles. The number of carbonyl (C=O) groups is 3. The van der Waals surface area contributed by atoms with E-state index in [0.717, 1.165) is 24.2 Å². The Hall–Kier alpha value is -1.34. The van der Waals surface area contributed by atoms with E-state index in [0.29, 0.717) is 31.8 Å². The van der Waals surface area contributed by atoms with Crippen LogP contribution < -0.4 is 16.4 Å². The van der Waals surface area contributed by atoms with Gasteiger partial charge in [-0.15, -0.1) is 12.4 Å². The van der Waals surface area contributed by atoms with Gasteiger partial charge in [0.05, 0.1) is 0 Å². The van der Waals surface area contributed by atoms with Crippen LogP contribution >= 0.6 is 12.4 Å². The van der Waals surface area contributed by atoms with Crippen LogP contribution in [0.25, 0.3) is 0 Å². The Morgan fingerprint density at radius 3 is 2.48 bits per heavy atom. The number of nitrogens with one attached hydrogen (secondary N) is 2. The SMILES string of the molecule is CCC(C)(C)C1CCC2(CC1)NC(=O)N(CC(=O)NCCN)C2=O.Cl. The first kappa shape index (κ1) is 21.7. The third-order valence-corrected chi connectivity index (χ3v) is 5.87. The fourth-order valence-corrected chi connectivity index (χ4v) is 3.75. The van der Waals surface area contributed by atoms with Gasteiger partial charge in [-0.05, 0) is 37.0 Å². The van der Waals surface area contributed by atoms with E-state index < -0.39 is 11.6 Å². The van der Waals surface area contributed by atoms with Gasteiger partial charge in [0.25, 0.3) is 5.91 Å². The lowest BCUT2D eigenvalue weighted by Crippen LogP contribution is -2.51. The first-order valence-electron chi connectivity index (χ1n) is 8.86. The highest BCUT2D eigenvalue weighted by molar-refractivity contribution is 6.09. The summed E-state index contributed by atoms with van der Waals surface area (Å²) in [4.78, 5) is 37.8. The summed E-state index contributed by atoms with van der Waals surface area (Å²) in [6.07, 6.45) is 4.22. The summed E-state index contributed by atoms with van der Waals surface area (Å²) < 4.78 is 0. The topological polar surface area (TPSA) is 105 Å². The number of hydrogen-bond donors (Lipinski definition) is 3. The zero-order valence-corrected chi connectivity index (χ0v) is 16.2. The van der Waals surface area contributed by atoms with Gasteiger partial charge in [0.15, 0.2) is 0 Å². The molecular formula is C17H31ClN4O3. The van der Waals surface area contributed by atoms with Crippen LogP contribution in [0.1, 0.15) is 52.9 Å². The average molecular weight is 375 g/mol. The minimum absolute atomic E-state index is 0. The third kappa shape index (κ3) is 4.44. The molecule has 1 spiro atoms. The van der Waals surface area contributed by atoms with Crippen LogP contribution in [0.5, 0.6) is 0 Å². The van der Waals surface area contributed by atoms with Crippen LogP contribution in [-0.4, -0.2) is 47.9 Å². The minimum Gasteiger partial charge on any atom is -0.353 e. The van der Waals surface area contributed by atoms with Crippen molar-refractivity contribution >= 4 is 30.3 Å². The summed E-state index contributed by atoms with van der Waals surface area (Å²) in [5, 5.41) is 5.44. The molecule has 4 amide bonds. The van der Waals surface area contributed by atoms with Crippen molar-refractivity contribution in [3.8, 4) is 0 Å². The first-order valence-corrected chi connectivity index (χ1v) is 8.86. The third-order valence-electron chi connectivity index (χ3n) is 5.87. The molecule has 1 saturated carbocycles. The maximum absolute atomic E-state index is 12.8. The minimum atomic E-state index is -0.814. The standard InChI is InChI=1S/C17H30N4O3.ClH/c1-4-16(2,3)12-5-7-17(8-6-12)14(23)21(15(24)20-17)11-13(22)19-10-9-18;/h12H,4-11,18H2,1-3H3,(H,19,22)(H,20,24);1H. The van der Waals surface area contributed by atoms with E-state index in [9.17, 15) is 14.4 Å². The molecule has 2 fully saturated rings. The van der Waals surface area contributed by atoms with Crippen LogP contribution in [0.3, 0.4) is 0 Å². The van der Waals surface area contributed by atoms with E-state index in [1.165, 1.54) is 0 Å². The highest BCUT2D eigenvalue weighted by Gasteiger charge is 2.53. The second-order valence-corrected chi connectivity index (χ2v) is 7.66. The van der Waals surface area contributed by atoms with Crippen LogP contribution in [0.15, 0.2) is 0 Å². The Morgan fingerprint density at radius 1 is 1.36 bits per heavy atom. The molecule has 1 heterocycles. The van der Waals surface area contributed by atoms with Gasteiger partial charge < -0.3 is 16.4 Å². The summed E-state index contributed by atoms with van der Waals surface area (Å²) in [6, 6.07) is -0.462. The van der Waals surface area contributed by atoms with Crippen molar-refractivity contribution in [3.05, 3.63) is 0 Å². The predicted molar refractivity (Wildman–Crippen MR) is 98.3 cm³/mol. The fourth-order valence-electron chi connectivity index (χ4n) is 3.75. The van der Waals surface area contributed by atoms with Crippen molar-refractivity contribution in [3.63, 3.8) is 0 Å². The smallest absolute Gasteiger partial charge is 0.325 e. The van der Waals surface area contributed by atoms with E-state index in [2.05, 4.69) is 31.4 Å². The van der Waals surface area contributed by atoms with Crippen molar-refractivity contribution in [1.82, 2.24) is 15.5 Å². The Balaban J connectivity index is 0.00000312. The molecule has 2 aliphatic rings. The number of rotatable bonds is 6. The molecule has 0 radical (unpaired) electrons. The number of nitrogens with two attached hydrogens (primary N) is 1. The van der Waals surface area contributed by atoms with Crippen LogP contribution in [0.2, 0.25) is 0 Å². The Bertz CT molecular complexity index is 516. The lowest BCUT2D eigenvalue weighted by atomic mass is 9.65. The molecule has 7 nitrogen and oxygen atoms in total. The van der Waals surface area contributed by atoms with Gasteiger partial charge in [-0.1, -0.05) is 27.2 Å². The van der Waals surface area contributed by atoms with Gasteiger partial charge in [-0.2, -0.15) is 0 Å². The molecule has 0 aromatic carbocycles. The highest BCUT2D eigenvalue weighted by atomic mass is 35.5.